The van der Waals surface area contributed by atoms with Crippen LogP contribution in [0.1, 0.15) is 11.6 Å². The monoisotopic (exact) mass is 512 g/mol. The number of rotatable bonds is 4. The molecule has 164 valence electrons. The number of urea groups is 1. The Kier molecular flexibility index (Phi) is 5.88. The second kappa shape index (κ2) is 8.95. The van der Waals surface area contributed by atoms with Crippen LogP contribution in [0.3, 0.4) is 0 Å². The number of amidine groups is 1. The molecular formula is C22H21BrN6O2S. The van der Waals surface area contributed by atoms with Crippen molar-refractivity contribution in [2.24, 2.45) is 4.99 Å². The number of hydrogen-bond acceptors (Lipinski definition) is 5. The van der Waals surface area contributed by atoms with E-state index in [1.54, 1.807) is 11.2 Å². The molecular weight excluding hydrogens is 492 g/mol. The molecule has 0 bridgehead atoms. The minimum absolute atomic E-state index is 0.0134. The van der Waals surface area contributed by atoms with Gasteiger partial charge in [0.1, 0.15) is 18.4 Å². The molecule has 1 unspecified atom stereocenters. The predicted octanol–water partition coefficient (Wildman–Crippen LogP) is 3.57. The number of aliphatic imine (C=N–C) groups is 1. The normalized spacial score (nSPS) is 20.2. The first kappa shape index (κ1) is 21.0. The molecule has 1 aromatic heterocycles. The van der Waals surface area contributed by atoms with E-state index in [1.165, 1.54) is 0 Å². The molecule has 8 nitrogen and oxygen atoms in total. The number of halogens is 1. The van der Waals surface area contributed by atoms with Gasteiger partial charge in [-0.05, 0) is 35.9 Å². The Bertz CT molecular complexity index is 1190. The third-order valence-corrected chi connectivity index (χ3v) is 7.06. The largest absolute Gasteiger partial charge is 0.345 e. The molecule has 0 aliphatic carbocycles. The summed E-state index contributed by atoms with van der Waals surface area (Å²) in [4.78, 5) is 41.2. The standard InChI is InChI=1S/C22H21BrN6O2S/c23-15-3-1-14(2-4-15)20-21(24-12-19(30)28-7-9-32-10-8-28)27-22(31)29(20)16-5-6-17-18(11-16)26-13-25-17/h1-6,11,13,20H,7-10,12H2,(H,25,26)(H,24,27,31). The van der Waals surface area contributed by atoms with Crippen molar-refractivity contribution in [3.8, 4) is 0 Å². The SMILES string of the molecule is O=C(CN=C1NC(=O)N(c2ccc3[nH]cnc3c2)C1c1ccc(Br)cc1)N1CCSCC1. The van der Waals surface area contributed by atoms with Crippen LogP contribution < -0.4 is 10.2 Å². The summed E-state index contributed by atoms with van der Waals surface area (Å²) in [7, 11) is 0. The van der Waals surface area contributed by atoms with Gasteiger partial charge in [0.2, 0.25) is 5.91 Å². The lowest BCUT2D eigenvalue weighted by Crippen LogP contribution is -2.39. The first-order valence-corrected chi connectivity index (χ1v) is 12.2. The van der Waals surface area contributed by atoms with E-state index in [1.807, 2.05) is 59.1 Å². The fraction of sp³-hybridized carbons (Fsp3) is 0.273. The fourth-order valence-corrected chi connectivity index (χ4v) is 5.13. The second-order valence-corrected chi connectivity index (χ2v) is 9.69. The van der Waals surface area contributed by atoms with Gasteiger partial charge in [-0.2, -0.15) is 11.8 Å². The summed E-state index contributed by atoms with van der Waals surface area (Å²) in [6.45, 7) is 1.50. The van der Waals surface area contributed by atoms with Gasteiger partial charge in [-0.15, -0.1) is 0 Å². The van der Waals surface area contributed by atoms with E-state index in [0.717, 1.165) is 45.7 Å². The minimum Gasteiger partial charge on any atom is -0.345 e. The van der Waals surface area contributed by atoms with E-state index in [-0.39, 0.29) is 18.5 Å². The summed E-state index contributed by atoms with van der Waals surface area (Å²) in [5, 5.41) is 2.89. The average molecular weight is 513 g/mol. The van der Waals surface area contributed by atoms with Gasteiger partial charge in [0, 0.05) is 34.8 Å². The highest BCUT2D eigenvalue weighted by Crippen LogP contribution is 2.34. The number of fused-ring (bicyclic) bond motifs is 1. The zero-order valence-electron chi connectivity index (χ0n) is 17.1. The molecule has 32 heavy (non-hydrogen) atoms. The van der Waals surface area contributed by atoms with E-state index in [9.17, 15) is 9.59 Å². The topological polar surface area (TPSA) is 93.7 Å². The maximum atomic E-state index is 13.1. The van der Waals surface area contributed by atoms with Gasteiger partial charge in [0.25, 0.3) is 0 Å². The van der Waals surface area contributed by atoms with Crippen LogP contribution in [-0.2, 0) is 4.79 Å². The van der Waals surface area contributed by atoms with E-state index in [4.69, 9.17) is 0 Å². The quantitative estimate of drug-likeness (QED) is 0.558. The molecule has 2 saturated heterocycles. The number of carbonyl (C=O) groups excluding carboxylic acids is 2. The fourth-order valence-electron chi connectivity index (χ4n) is 3.96. The number of aromatic nitrogens is 2. The van der Waals surface area contributed by atoms with Gasteiger partial charge in [0.05, 0.1) is 17.4 Å². The molecule has 3 heterocycles. The molecule has 5 rings (SSSR count). The lowest BCUT2D eigenvalue weighted by molar-refractivity contribution is -0.129. The van der Waals surface area contributed by atoms with Crippen molar-refractivity contribution in [2.45, 2.75) is 6.04 Å². The highest BCUT2D eigenvalue weighted by Gasteiger charge is 2.39. The van der Waals surface area contributed by atoms with Crippen LogP contribution in [0, 0.1) is 0 Å². The first-order valence-electron chi connectivity index (χ1n) is 10.3. The maximum absolute atomic E-state index is 13.1. The smallest absolute Gasteiger partial charge is 0.328 e. The van der Waals surface area contributed by atoms with Crippen LogP contribution in [0.25, 0.3) is 11.0 Å². The molecule has 1 atom stereocenters. The number of anilines is 1. The number of benzene rings is 2. The summed E-state index contributed by atoms with van der Waals surface area (Å²) in [6.07, 6.45) is 1.63. The summed E-state index contributed by atoms with van der Waals surface area (Å²) >= 11 is 5.32. The van der Waals surface area contributed by atoms with Crippen molar-refractivity contribution < 1.29 is 9.59 Å². The van der Waals surface area contributed by atoms with Crippen molar-refractivity contribution in [3.05, 3.63) is 58.8 Å². The van der Waals surface area contributed by atoms with Crippen molar-refractivity contribution in [1.29, 1.82) is 0 Å². The number of hydrogen-bond donors (Lipinski definition) is 2. The Morgan fingerprint density at radius 3 is 2.75 bits per heavy atom. The van der Waals surface area contributed by atoms with Crippen molar-refractivity contribution in [2.75, 3.05) is 36.0 Å². The summed E-state index contributed by atoms with van der Waals surface area (Å²) in [6, 6.07) is 12.7. The molecule has 2 aliphatic heterocycles. The molecule has 2 aliphatic rings. The number of thioether (sulfide) groups is 1. The molecule has 0 spiro atoms. The highest BCUT2D eigenvalue weighted by molar-refractivity contribution is 9.10. The molecule has 3 aromatic rings. The van der Waals surface area contributed by atoms with Gasteiger partial charge in [-0.1, -0.05) is 28.1 Å². The summed E-state index contributed by atoms with van der Waals surface area (Å²) in [5.74, 6) is 2.35. The van der Waals surface area contributed by atoms with Gasteiger partial charge in [0.15, 0.2) is 0 Å². The molecule has 3 amide bonds. The third kappa shape index (κ3) is 4.12. The Hall–Kier alpha value is -2.85. The number of amides is 3. The molecule has 2 N–H and O–H groups in total. The lowest BCUT2D eigenvalue weighted by Gasteiger charge is -2.26. The van der Waals surface area contributed by atoms with Crippen LogP contribution in [0.5, 0.6) is 0 Å². The molecule has 0 radical (unpaired) electrons. The average Bonchev–Trinajstić information content (AvgIpc) is 3.42. The Morgan fingerprint density at radius 2 is 1.97 bits per heavy atom. The zero-order chi connectivity index (χ0) is 22.1. The number of H-pyrrole nitrogens is 1. The van der Waals surface area contributed by atoms with Crippen molar-refractivity contribution in [1.82, 2.24) is 20.2 Å². The Morgan fingerprint density at radius 1 is 1.19 bits per heavy atom. The van der Waals surface area contributed by atoms with E-state index < -0.39 is 6.04 Å². The van der Waals surface area contributed by atoms with Crippen LogP contribution in [0.2, 0.25) is 0 Å². The van der Waals surface area contributed by atoms with E-state index in [2.05, 4.69) is 36.2 Å². The highest BCUT2D eigenvalue weighted by atomic mass is 79.9. The zero-order valence-corrected chi connectivity index (χ0v) is 19.5. The number of imidazole rings is 1. The number of nitrogens with zero attached hydrogens (tertiary/aromatic N) is 4. The van der Waals surface area contributed by atoms with E-state index >= 15 is 0 Å². The third-order valence-electron chi connectivity index (χ3n) is 5.59. The Balaban J connectivity index is 1.49. The van der Waals surface area contributed by atoms with Crippen LogP contribution in [0.4, 0.5) is 10.5 Å². The van der Waals surface area contributed by atoms with Gasteiger partial charge in [-0.3, -0.25) is 20.0 Å². The molecule has 2 fully saturated rings. The van der Waals surface area contributed by atoms with Gasteiger partial charge >= 0.3 is 6.03 Å². The van der Waals surface area contributed by atoms with Gasteiger partial charge < -0.3 is 9.88 Å². The predicted molar refractivity (Wildman–Crippen MR) is 130 cm³/mol. The molecule has 2 aromatic carbocycles. The maximum Gasteiger partial charge on any atom is 0.328 e. The number of nitrogens with one attached hydrogen (secondary N) is 2. The summed E-state index contributed by atoms with van der Waals surface area (Å²) < 4.78 is 0.944. The van der Waals surface area contributed by atoms with Crippen LogP contribution >= 0.6 is 27.7 Å². The molecule has 0 saturated carbocycles. The van der Waals surface area contributed by atoms with Crippen molar-refractivity contribution >= 4 is 62.2 Å². The van der Waals surface area contributed by atoms with Gasteiger partial charge in [-0.25, -0.2) is 9.78 Å². The number of carbonyl (C=O) groups is 2. The van der Waals surface area contributed by atoms with E-state index in [0.29, 0.717) is 11.5 Å². The number of aromatic amines is 1. The molecule has 10 heteroatoms. The second-order valence-electron chi connectivity index (χ2n) is 7.55. The van der Waals surface area contributed by atoms with Crippen LogP contribution in [-0.4, -0.2) is 63.8 Å². The Labute approximate surface area is 197 Å². The van der Waals surface area contributed by atoms with Crippen LogP contribution in [0.15, 0.2) is 58.3 Å². The lowest BCUT2D eigenvalue weighted by atomic mass is 10.0. The van der Waals surface area contributed by atoms with Crippen molar-refractivity contribution in [3.63, 3.8) is 0 Å². The summed E-state index contributed by atoms with van der Waals surface area (Å²) in [5.41, 5.74) is 3.27. The first-order chi connectivity index (χ1) is 15.6. The minimum atomic E-state index is -0.461.